The van der Waals surface area contributed by atoms with E-state index >= 15 is 0 Å². The molecule has 0 aliphatic carbocycles. The third-order valence-electron chi connectivity index (χ3n) is 3.91. The number of hydrogen-bond acceptors (Lipinski definition) is 6. The van der Waals surface area contributed by atoms with Crippen LogP contribution in [0.3, 0.4) is 0 Å². The predicted molar refractivity (Wildman–Crippen MR) is 110 cm³/mol. The first kappa shape index (κ1) is 17.3. The highest BCUT2D eigenvalue weighted by Gasteiger charge is 2.25. The van der Waals surface area contributed by atoms with Crippen molar-refractivity contribution in [3.63, 3.8) is 0 Å². The van der Waals surface area contributed by atoms with Crippen molar-refractivity contribution in [1.29, 1.82) is 0 Å². The molecule has 0 bridgehead atoms. The van der Waals surface area contributed by atoms with Crippen LogP contribution in [0.1, 0.15) is 0 Å². The van der Waals surface area contributed by atoms with Crippen LogP contribution in [0, 0.1) is 10.1 Å². The number of para-hydroxylation sites is 1. The number of nitro groups is 1. The summed E-state index contributed by atoms with van der Waals surface area (Å²) in [5.74, 6) is 0. The van der Waals surface area contributed by atoms with Gasteiger partial charge in [0.25, 0.3) is 5.69 Å². The van der Waals surface area contributed by atoms with E-state index in [1.807, 2.05) is 18.2 Å². The topological polar surface area (TPSA) is 46.4 Å². The number of hydrogen-bond donors (Lipinski definition) is 0. The molecule has 3 aromatic rings. The second-order valence-electron chi connectivity index (χ2n) is 5.54. The summed E-state index contributed by atoms with van der Waals surface area (Å²) in [4.78, 5) is 15.1. The number of non-ortho nitro benzene ring substituents is 1. The number of rotatable bonds is 4. The van der Waals surface area contributed by atoms with Crippen LogP contribution in [0.5, 0.6) is 0 Å². The lowest BCUT2D eigenvalue weighted by Gasteiger charge is -2.31. The second kappa shape index (κ2) is 7.26. The lowest BCUT2D eigenvalue weighted by Crippen LogP contribution is -2.12. The minimum atomic E-state index is -0.357. The molecule has 0 radical (unpaired) electrons. The van der Waals surface area contributed by atoms with E-state index in [4.69, 9.17) is 0 Å². The Balaban J connectivity index is 1.80. The van der Waals surface area contributed by atoms with Gasteiger partial charge in [-0.05, 0) is 54.6 Å². The molecule has 0 unspecified atom stereocenters. The summed E-state index contributed by atoms with van der Waals surface area (Å²) in [6.45, 7) is 0. The molecule has 4 nitrogen and oxygen atoms in total. The highest BCUT2D eigenvalue weighted by molar-refractivity contribution is 8.02. The Labute approximate surface area is 164 Å². The molecule has 1 aliphatic heterocycles. The van der Waals surface area contributed by atoms with Crippen molar-refractivity contribution in [3.8, 4) is 0 Å². The Kier molecular flexibility index (Phi) is 4.84. The van der Waals surface area contributed by atoms with Crippen LogP contribution >= 0.6 is 35.5 Å². The number of anilines is 2. The Morgan fingerprint density at radius 2 is 1.73 bits per heavy atom. The van der Waals surface area contributed by atoms with Crippen molar-refractivity contribution in [3.05, 3.63) is 76.8 Å². The quantitative estimate of drug-likeness (QED) is 0.213. The van der Waals surface area contributed by atoms with Gasteiger partial charge in [-0.2, -0.15) is 0 Å². The lowest BCUT2D eigenvalue weighted by atomic mass is 10.2. The molecule has 7 heteroatoms. The molecule has 0 N–H and O–H groups in total. The van der Waals surface area contributed by atoms with Crippen LogP contribution in [0.4, 0.5) is 17.1 Å². The largest absolute Gasteiger partial charge is 0.278 e. The van der Waals surface area contributed by atoms with Crippen LogP contribution in [0.25, 0.3) is 0 Å². The van der Waals surface area contributed by atoms with Crippen LogP contribution in [0.15, 0.2) is 86.3 Å². The zero-order chi connectivity index (χ0) is 18.1. The zero-order valence-corrected chi connectivity index (χ0v) is 16.2. The maximum atomic E-state index is 11.1. The maximum absolute atomic E-state index is 11.1. The first-order valence-electron chi connectivity index (χ1n) is 7.83. The van der Waals surface area contributed by atoms with Gasteiger partial charge in [-0.1, -0.05) is 30.0 Å². The van der Waals surface area contributed by atoms with E-state index in [1.54, 1.807) is 35.7 Å². The Bertz CT molecular complexity index is 994. The average molecular weight is 399 g/mol. The Morgan fingerprint density at radius 1 is 0.923 bits per heavy atom. The van der Waals surface area contributed by atoms with Crippen LogP contribution in [0.2, 0.25) is 0 Å². The smallest absolute Gasteiger partial charge is 0.270 e. The number of nitrogens with zero attached hydrogens (tertiary/aromatic N) is 2. The van der Waals surface area contributed by atoms with Crippen molar-refractivity contribution < 1.29 is 4.92 Å². The van der Waals surface area contributed by atoms with Gasteiger partial charge in [0.2, 0.25) is 0 Å². The minimum Gasteiger partial charge on any atom is -0.278 e. The van der Waals surface area contributed by atoms with Gasteiger partial charge >= 0.3 is 0 Å². The number of thioether (sulfide) groups is 1. The van der Waals surface area contributed by atoms with E-state index in [0.29, 0.717) is 0 Å². The fourth-order valence-corrected chi connectivity index (χ4v) is 5.30. The van der Waals surface area contributed by atoms with Crippen molar-refractivity contribution in [2.45, 2.75) is 19.6 Å². The summed E-state index contributed by atoms with van der Waals surface area (Å²) < 4.78 is 2.17. The van der Waals surface area contributed by atoms with Crippen molar-refractivity contribution in [2.24, 2.45) is 0 Å². The number of fused-ring (bicyclic) bond motifs is 2. The molecule has 0 fully saturated rings. The van der Waals surface area contributed by atoms with E-state index in [2.05, 4.69) is 40.9 Å². The lowest BCUT2D eigenvalue weighted by molar-refractivity contribution is -0.385. The van der Waals surface area contributed by atoms with Gasteiger partial charge in [0, 0.05) is 31.7 Å². The number of nitro benzene ring substituents is 1. The molecule has 1 heterocycles. The van der Waals surface area contributed by atoms with E-state index in [9.17, 15) is 10.1 Å². The van der Waals surface area contributed by atoms with Gasteiger partial charge in [0.1, 0.15) is 0 Å². The molecular weight excluding hydrogens is 384 g/mol. The summed E-state index contributed by atoms with van der Waals surface area (Å²) in [5.41, 5.74) is 2.31. The van der Waals surface area contributed by atoms with Gasteiger partial charge < -0.3 is 0 Å². The minimum absolute atomic E-state index is 0.104. The second-order valence-corrected chi connectivity index (χ2v) is 8.53. The van der Waals surface area contributed by atoms with Gasteiger partial charge in [0.05, 0.1) is 16.3 Å². The highest BCUT2D eigenvalue weighted by Crippen LogP contribution is 2.52. The van der Waals surface area contributed by atoms with Gasteiger partial charge in [0.15, 0.2) is 0 Å². The summed E-state index contributed by atoms with van der Waals surface area (Å²) in [6, 6.07) is 21.4. The zero-order valence-electron chi connectivity index (χ0n) is 13.8. The molecular formula is C19H14N2O2S3. The van der Waals surface area contributed by atoms with Gasteiger partial charge in [-0.3, -0.25) is 14.4 Å². The van der Waals surface area contributed by atoms with Crippen LogP contribution < -0.4 is 4.31 Å². The summed E-state index contributed by atoms with van der Waals surface area (Å²) in [7, 11) is 0. The molecule has 26 heavy (non-hydrogen) atoms. The molecule has 3 aromatic carbocycles. The summed E-state index contributed by atoms with van der Waals surface area (Å²) in [5, 5.41) is 11.1. The average Bonchev–Trinajstić information content (AvgIpc) is 2.67. The first-order valence-corrected chi connectivity index (χ1v) is 10.6. The summed E-state index contributed by atoms with van der Waals surface area (Å²) >= 11 is 4.96. The molecule has 0 aromatic heterocycles. The van der Waals surface area contributed by atoms with E-state index in [0.717, 1.165) is 16.3 Å². The van der Waals surface area contributed by atoms with E-state index in [-0.39, 0.29) is 10.6 Å². The standard InChI is InChI=1S/C19H14N2O2S3/c1-24-14-9-10-19-17(12-14)20(16-7-2-3-8-18(16)25-19)26-15-6-4-5-13(11-15)21(22)23/h2-12H,1H3. The number of benzene rings is 3. The Morgan fingerprint density at radius 3 is 2.54 bits per heavy atom. The van der Waals surface area contributed by atoms with Crippen LogP contribution in [-0.2, 0) is 0 Å². The third-order valence-corrected chi connectivity index (χ3v) is 6.81. The molecule has 0 amide bonds. The molecule has 0 spiro atoms. The van der Waals surface area contributed by atoms with Gasteiger partial charge in [-0.15, -0.1) is 11.8 Å². The summed E-state index contributed by atoms with van der Waals surface area (Å²) in [6.07, 6.45) is 2.06. The predicted octanol–water partition coefficient (Wildman–Crippen LogP) is 6.63. The fraction of sp³-hybridized carbons (Fsp3) is 0.0526. The van der Waals surface area contributed by atoms with Crippen LogP contribution in [-0.4, -0.2) is 11.2 Å². The molecule has 4 rings (SSSR count). The molecule has 0 atom stereocenters. The van der Waals surface area contributed by atoms with E-state index in [1.165, 1.54) is 32.7 Å². The van der Waals surface area contributed by atoms with Crippen molar-refractivity contribution >= 4 is 52.5 Å². The SMILES string of the molecule is CSc1ccc2c(c1)N(Sc1cccc([N+](=O)[O-])c1)c1ccccc1S2. The molecule has 1 aliphatic rings. The van der Waals surface area contributed by atoms with E-state index < -0.39 is 0 Å². The molecule has 0 saturated carbocycles. The molecule has 130 valence electrons. The fourth-order valence-electron chi connectivity index (χ4n) is 2.69. The monoisotopic (exact) mass is 398 g/mol. The Hall–Kier alpha value is -2.09. The van der Waals surface area contributed by atoms with Crippen molar-refractivity contribution in [1.82, 2.24) is 0 Å². The normalized spacial score (nSPS) is 12.4. The first-order chi connectivity index (χ1) is 12.7. The van der Waals surface area contributed by atoms with Gasteiger partial charge in [-0.25, -0.2) is 0 Å². The molecule has 0 saturated heterocycles. The third kappa shape index (κ3) is 3.30. The highest BCUT2D eigenvalue weighted by atomic mass is 32.2. The van der Waals surface area contributed by atoms with Crippen molar-refractivity contribution in [2.75, 3.05) is 10.6 Å². The maximum Gasteiger partial charge on any atom is 0.270 e.